The van der Waals surface area contributed by atoms with Crippen LogP contribution in [0.4, 0.5) is 10.2 Å². The first-order chi connectivity index (χ1) is 11.6. The molecule has 0 aliphatic heterocycles. The minimum absolute atomic E-state index is 0.269. The summed E-state index contributed by atoms with van der Waals surface area (Å²) < 4.78 is 17.6. The molecular formula is C16H15BrFN5O. The number of rotatable bonds is 5. The average molecular weight is 392 g/mol. The highest BCUT2D eigenvalue weighted by Gasteiger charge is 2.14. The van der Waals surface area contributed by atoms with Crippen LogP contribution in [0, 0.1) is 5.82 Å². The van der Waals surface area contributed by atoms with Crippen LogP contribution in [0.3, 0.4) is 0 Å². The molecule has 0 saturated carbocycles. The van der Waals surface area contributed by atoms with Crippen molar-refractivity contribution in [2.45, 2.75) is 20.0 Å². The van der Waals surface area contributed by atoms with Crippen molar-refractivity contribution < 1.29 is 9.18 Å². The van der Waals surface area contributed by atoms with E-state index in [1.54, 1.807) is 46.0 Å². The summed E-state index contributed by atoms with van der Waals surface area (Å²) in [5, 5.41) is 11.1. The van der Waals surface area contributed by atoms with Gasteiger partial charge in [0.05, 0.1) is 11.0 Å². The third-order valence-corrected chi connectivity index (χ3v) is 4.02. The van der Waals surface area contributed by atoms with Crippen LogP contribution >= 0.6 is 15.9 Å². The maximum absolute atomic E-state index is 13.7. The molecule has 1 amide bonds. The largest absolute Gasteiger partial charge is 0.303 e. The Balaban J connectivity index is 1.74. The normalized spacial score (nSPS) is 10.8. The van der Waals surface area contributed by atoms with Crippen molar-refractivity contribution >= 4 is 27.7 Å². The third-order valence-electron chi connectivity index (χ3n) is 3.44. The van der Waals surface area contributed by atoms with Crippen LogP contribution in [0.25, 0.3) is 0 Å². The van der Waals surface area contributed by atoms with Gasteiger partial charge in [0.1, 0.15) is 5.82 Å². The van der Waals surface area contributed by atoms with Crippen molar-refractivity contribution in [3.05, 3.63) is 64.3 Å². The maximum atomic E-state index is 13.7. The second kappa shape index (κ2) is 6.96. The van der Waals surface area contributed by atoms with Gasteiger partial charge in [-0.15, -0.1) is 0 Å². The number of aryl methyl sites for hydroxylation is 1. The van der Waals surface area contributed by atoms with Gasteiger partial charge in [-0.25, -0.2) is 4.39 Å². The van der Waals surface area contributed by atoms with Crippen LogP contribution in [0.5, 0.6) is 0 Å². The molecule has 0 saturated heterocycles. The molecule has 0 unspecified atom stereocenters. The van der Waals surface area contributed by atoms with Crippen LogP contribution in [-0.2, 0) is 13.1 Å². The van der Waals surface area contributed by atoms with Crippen LogP contribution in [0.1, 0.15) is 23.0 Å². The van der Waals surface area contributed by atoms with E-state index in [1.165, 1.54) is 6.07 Å². The molecule has 2 aromatic heterocycles. The molecule has 3 aromatic rings. The fourth-order valence-electron chi connectivity index (χ4n) is 2.19. The molecule has 24 heavy (non-hydrogen) atoms. The average Bonchev–Trinajstić information content (AvgIpc) is 3.17. The quantitative estimate of drug-likeness (QED) is 0.725. The molecule has 0 aliphatic carbocycles. The molecule has 0 fully saturated rings. The smallest absolute Gasteiger partial charge is 0.277 e. The summed E-state index contributed by atoms with van der Waals surface area (Å²) in [4.78, 5) is 12.2. The monoisotopic (exact) mass is 391 g/mol. The molecule has 6 nitrogen and oxygen atoms in total. The SMILES string of the molecule is CCn1ccc(C(=O)Nc2nn(Cc3ccccc3F)cc2Br)n1. The van der Waals surface area contributed by atoms with Gasteiger partial charge in [-0.3, -0.25) is 14.2 Å². The lowest BCUT2D eigenvalue weighted by Crippen LogP contribution is -2.14. The Labute approximate surface area is 146 Å². The molecular weight excluding hydrogens is 377 g/mol. The predicted octanol–water partition coefficient (Wildman–Crippen LogP) is 3.30. The number of nitrogens with zero attached hydrogens (tertiary/aromatic N) is 4. The van der Waals surface area contributed by atoms with E-state index >= 15 is 0 Å². The van der Waals surface area contributed by atoms with Crippen molar-refractivity contribution in [2.75, 3.05) is 5.32 Å². The molecule has 0 bridgehead atoms. The van der Waals surface area contributed by atoms with Crippen molar-refractivity contribution in [2.24, 2.45) is 0 Å². The number of carbonyl (C=O) groups excluding carboxylic acids is 1. The topological polar surface area (TPSA) is 64.7 Å². The Bertz CT molecular complexity index is 873. The van der Waals surface area contributed by atoms with E-state index in [0.29, 0.717) is 28.1 Å². The molecule has 0 aliphatic rings. The Morgan fingerprint density at radius 1 is 1.25 bits per heavy atom. The van der Waals surface area contributed by atoms with Crippen molar-refractivity contribution in [3.63, 3.8) is 0 Å². The highest BCUT2D eigenvalue weighted by Crippen LogP contribution is 2.21. The zero-order valence-corrected chi connectivity index (χ0v) is 14.5. The van der Waals surface area contributed by atoms with E-state index in [9.17, 15) is 9.18 Å². The first-order valence-corrected chi connectivity index (χ1v) is 8.17. The highest BCUT2D eigenvalue weighted by atomic mass is 79.9. The zero-order chi connectivity index (χ0) is 17.1. The summed E-state index contributed by atoms with van der Waals surface area (Å²) >= 11 is 3.35. The van der Waals surface area contributed by atoms with Gasteiger partial charge in [0.2, 0.25) is 0 Å². The number of carbonyl (C=O) groups is 1. The summed E-state index contributed by atoms with van der Waals surface area (Å²) in [5.74, 6) is -0.277. The highest BCUT2D eigenvalue weighted by molar-refractivity contribution is 9.10. The maximum Gasteiger partial charge on any atom is 0.277 e. The van der Waals surface area contributed by atoms with Crippen molar-refractivity contribution in [1.29, 1.82) is 0 Å². The molecule has 8 heteroatoms. The number of anilines is 1. The summed E-state index contributed by atoms with van der Waals surface area (Å²) in [6.07, 6.45) is 3.42. The second-order valence-corrected chi connectivity index (χ2v) is 5.98. The molecule has 3 rings (SSSR count). The summed E-state index contributed by atoms with van der Waals surface area (Å²) in [7, 11) is 0. The third kappa shape index (κ3) is 3.53. The van der Waals surface area contributed by atoms with Gasteiger partial charge in [-0.1, -0.05) is 18.2 Å². The Kier molecular flexibility index (Phi) is 4.75. The Morgan fingerprint density at radius 3 is 2.75 bits per heavy atom. The lowest BCUT2D eigenvalue weighted by molar-refractivity contribution is 0.102. The minimum Gasteiger partial charge on any atom is -0.303 e. The molecule has 0 spiro atoms. The van der Waals surface area contributed by atoms with E-state index < -0.39 is 0 Å². The van der Waals surface area contributed by atoms with Crippen LogP contribution in [-0.4, -0.2) is 25.5 Å². The number of hydrogen-bond acceptors (Lipinski definition) is 3. The number of aromatic nitrogens is 4. The fourth-order valence-corrected chi connectivity index (χ4v) is 2.61. The zero-order valence-electron chi connectivity index (χ0n) is 12.9. The predicted molar refractivity (Wildman–Crippen MR) is 91.3 cm³/mol. The van der Waals surface area contributed by atoms with Crippen molar-refractivity contribution in [3.8, 4) is 0 Å². The number of nitrogens with one attached hydrogen (secondary N) is 1. The van der Waals surface area contributed by atoms with E-state index in [2.05, 4.69) is 31.4 Å². The van der Waals surface area contributed by atoms with E-state index in [1.807, 2.05) is 6.92 Å². The Morgan fingerprint density at radius 2 is 2.04 bits per heavy atom. The lowest BCUT2D eigenvalue weighted by Gasteiger charge is -2.03. The standard InChI is InChI=1S/C16H15BrFN5O/c1-2-22-8-7-14(20-22)16(24)19-15-12(17)10-23(21-15)9-11-5-3-4-6-13(11)18/h3-8,10H,2,9H2,1H3,(H,19,21,24). The summed E-state index contributed by atoms with van der Waals surface area (Å²) in [6, 6.07) is 8.15. The fraction of sp³-hybridized carbons (Fsp3) is 0.188. The summed E-state index contributed by atoms with van der Waals surface area (Å²) in [6.45, 7) is 2.90. The molecule has 1 N–H and O–H groups in total. The van der Waals surface area contributed by atoms with Crippen LogP contribution < -0.4 is 5.32 Å². The van der Waals surface area contributed by atoms with Crippen LogP contribution in [0.2, 0.25) is 0 Å². The number of hydrogen-bond donors (Lipinski definition) is 1. The van der Waals surface area contributed by atoms with Gasteiger partial charge in [0, 0.05) is 24.5 Å². The van der Waals surface area contributed by atoms with E-state index in [-0.39, 0.29) is 18.3 Å². The van der Waals surface area contributed by atoms with Crippen LogP contribution in [0.15, 0.2) is 47.2 Å². The first kappa shape index (κ1) is 16.4. The van der Waals surface area contributed by atoms with Gasteiger partial charge in [0.25, 0.3) is 5.91 Å². The van der Waals surface area contributed by atoms with Crippen molar-refractivity contribution in [1.82, 2.24) is 19.6 Å². The first-order valence-electron chi connectivity index (χ1n) is 7.38. The molecule has 1 aromatic carbocycles. The van der Waals surface area contributed by atoms with Gasteiger partial charge in [-0.05, 0) is 35.0 Å². The van der Waals surface area contributed by atoms with E-state index in [4.69, 9.17) is 0 Å². The molecule has 0 radical (unpaired) electrons. The lowest BCUT2D eigenvalue weighted by atomic mass is 10.2. The van der Waals surface area contributed by atoms with Gasteiger partial charge < -0.3 is 5.32 Å². The summed E-state index contributed by atoms with van der Waals surface area (Å²) in [5.41, 5.74) is 0.833. The number of benzene rings is 1. The minimum atomic E-state index is -0.348. The Hall–Kier alpha value is -2.48. The molecule has 2 heterocycles. The molecule has 124 valence electrons. The van der Waals surface area contributed by atoms with Gasteiger partial charge in [0.15, 0.2) is 11.5 Å². The van der Waals surface area contributed by atoms with Gasteiger partial charge >= 0.3 is 0 Å². The second-order valence-electron chi connectivity index (χ2n) is 5.13. The number of halogens is 2. The van der Waals surface area contributed by atoms with E-state index in [0.717, 1.165) is 0 Å². The number of amides is 1. The van der Waals surface area contributed by atoms with Gasteiger partial charge in [-0.2, -0.15) is 10.2 Å². The molecule has 0 atom stereocenters.